The smallest absolute Gasteiger partial charge is 0.205 e. The lowest BCUT2D eigenvalue weighted by Gasteiger charge is -2.16. The number of hydrogen-bond donors (Lipinski definition) is 0. The molecule has 2 aromatic carbocycles. The first kappa shape index (κ1) is 13.5. The van der Waals surface area contributed by atoms with Crippen molar-refractivity contribution in [2.75, 3.05) is 0 Å². The van der Waals surface area contributed by atoms with Crippen LogP contribution in [0.5, 0.6) is 0 Å². The van der Waals surface area contributed by atoms with Crippen LogP contribution in [0.15, 0.2) is 59.6 Å². The molecule has 2 aromatic rings. The molecule has 4 heteroatoms. The minimum absolute atomic E-state index is 0.120. The van der Waals surface area contributed by atoms with Crippen LogP contribution in [0.2, 0.25) is 0 Å². The summed E-state index contributed by atoms with van der Waals surface area (Å²) in [7, 11) is 0. The number of benzene rings is 2. The van der Waals surface area contributed by atoms with E-state index in [1.807, 2.05) is 18.2 Å². The van der Waals surface area contributed by atoms with Gasteiger partial charge in [-0.05, 0) is 17.7 Å². The number of rotatable bonds is 3. The number of carbonyl (C=O) groups excluding carboxylic acids is 1. The van der Waals surface area contributed by atoms with Crippen molar-refractivity contribution in [1.82, 2.24) is 0 Å². The minimum Gasteiger partial charge on any atom is -0.467 e. The van der Waals surface area contributed by atoms with Crippen LogP contribution in [0, 0.1) is 5.82 Å². The molecule has 1 heterocycles. The van der Waals surface area contributed by atoms with Crippen molar-refractivity contribution >= 4 is 11.7 Å². The van der Waals surface area contributed by atoms with Crippen LogP contribution in [0.25, 0.3) is 0 Å². The van der Waals surface area contributed by atoms with Gasteiger partial charge in [0.15, 0.2) is 12.0 Å². The summed E-state index contributed by atoms with van der Waals surface area (Å²) < 4.78 is 18.6. The van der Waals surface area contributed by atoms with E-state index in [-0.39, 0.29) is 11.6 Å². The molecule has 0 unspecified atom stereocenters. The molecule has 0 saturated heterocycles. The Labute approximate surface area is 122 Å². The van der Waals surface area contributed by atoms with Gasteiger partial charge in [0.25, 0.3) is 0 Å². The molecule has 3 rings (SSSR count). The van der Waals surface area contributed by atoms with Crippen LogP contribution in [0.4, 0.5) is 4.39 Å². The SMILES string of the molecule is CC1=N[C@H](c2ccc(F)cc2)[C@@H](C(=O)c2ccccc2)O1. The first-order valence-electron chi connectivity index (χ1n) is 6.71. The molecule has 0 bridgehead atoms. The summed E-state index contributed by atoms with van der Waals surface area (Å²) in [4.78, 5) is 16.9. The Morgan fingerprint density at radius 1 is 1.10 bits per heavy atom. The predicted molar refractivity (Wildman–Crippen MR) is 77.9 cm³/mol. The van der Waals surface area contributed by atoms with Gasteiger partial charge >= 0.3 is 0 Å². The van der Waals surface area contributed by atoms with Crippen molar-refractivity contribution in [1.29, 1.82) is 0 Å². The third-order valence-electron chi connectivity index (χ3n) is 3.43. The molecule has 0 saturated carbocycles. The number of ether oxygens (including phenoxy) is 1. The Bertz CT molecular complexity index is 680. The zero-order valence-electron chi connectivity index (χ0n) is 11.5. The molecule has 0 fully saturated rings. The number of hydrogen-bond acceptors (Lipinski definition) is 3. The maximum absolute atomic E-state index is 13.0. The summed E-state index contributed by atoms with van der Waals surface area (Å²) in [5.41, 5.74) is 1.35. The van der Waals surface area contributed by atoms with Gasteiger partial charge in [-0.3, -0.25) is 4.79 Å². The summed E-state index contributed by atoms with van der Waals surface area (Å²) in [6, 6.07) is 14.5. The highest BCUT2D eigenvalue weighted by Gasteiger charge is 2.36. The highest BCUT2D eigenvalue weighted by molar-refractivity contribution is 6.02. The molecule has 0 amide bonds. The Morgan fingerprint density at radius 3 is 2.43 bits per heavy atom. The Morgan fingerprint density at radius 2 is 1.76 bits per heavy atom. The second kappa shape index (κ2) is 5.48. The van der Waals surface area contributed by atoms with E-state index >= 15 is 0 Å². The normalized spacial score (nSPS) is 20.8. The third kappa shape index (κ3) is 2.70. The zero-order chi connectivity index (χ0) is 14.8. The average Bonchev–Trinajstić information content (AvgIpc) is 2.90. The molecule has 0 aromatic heterocycles. The van der Waals surface area contributed by atoms with Gasteiger partial charge in [0.1, 0.15) is 11.9 Å². The molecule has 21 heavy (non-hydrogen) atoms. The molecule has 106 valence electrons. The second-order valence-electron chi connectivity index (χ2n) is 4.91. The van der Waals surface area contributed by atoms with E-state index in [1.54, 1.807) is 31.2 Å². The first-order chi connectivity index (χ1) is 10.1. The fourth-order valence-electron chi connectivity index (χ4n) is 2.42. The van der Waals surface area contributed by atoms with Crippen molar-refractivity contribution in [3.05, 3.63) is 71.5 Å². The predicted octanol–water partition coefficient (Wildman–Crippen LogP) is 3.57. The van der Waals surface area contributed by atoms with Gasteiger partial charge in [0, 0.05) is 12.5 Å². The molecule has 1 aliphatic rings. The van der Waals surface area contributed by atoms with Crippen LogP contribution < -0.4 is 0 Å². The Hall–Kier alpha value is -2.49. The molecule has 0 spiro atoms. The van der Waals surface area contributed by atoms with E-state index in [0.29, 0.717) is 11.5 Å². The summed E-state index contributed by atoms with van der Waals surface area (Å²) in [5.74, 6) is 0.0356. The maximum Gasteiger partial charge on any atom is 0.205 e. The van der Waals surface area contributed by atoms with Crippen LogP contribution >= 0.6 is 0 Å². The number of nitrogens with zero attached hydrogens (tertiary/aromatic N) is 1. The summed E-state index contributed by atoms with van der Waals surface area (Å²) >= 11 is 0. The highest BCUT2D eigenvalue weighted by atomic mass is 19.1. The molecule has 0 N–H and O–H groups in total. The van der Waals surface area contributed by atoms with Crippen molar-refractivity contribution in [3.63, 3.8) is 0 Å². The molecule has 3 nitrogen and oxygen atoms in total. The van der Waals surface area contributed by atoms with E-state index in [4.69, 9.17) is 4.74 Å². The van der Waals surface area contributed by atoms with Gasteiger partial charge in [-0.25, -0.2) is 9.38 Å². The Kier molecular flexibility index (Phi) is 3.52. The fraction of sp³-hybridized carbons (Fsp3) is 0.176. The van der Waals surface area contributed by atoms with Gasteiger partial charge in [-0.2, -0.15) is 0 Å². The number of halogens is 1. The van der Waals surface area contributed by atoms with Crippen molar-refractivity contribution in [3.8, 4) is 0 Å². The minimum atomic E-state index is -0.696. The first-order valence-corrected chi connectivity index (χ1v) is 6.71. The Balaban J connectivity index is 1.91. The zero-order valence-corrected chi connectivity index (χ0v) is 11.5. The van der Waals surface area contributed by atoms with E-state index < -0.39 is 12.1 Å². The quantitative estimate of drug-likeness (QED) is 0.808. The number of Topliss-reactive ketones (excluding diaryl/α,β-unsaturated/α-hetero) is 1. The standard InChI is InChI=1S/C17H14FNO2/c1-11-19-15(12-7-9-14(18)10-8-12)17(21-11)16(20)13-5-3-2-4-6-13/h2-10,15,17H,1H3/t15-,17+/m1/s1. The lowest BCUT2D eigenvalue weighted by molar-refractivity contribution is 0.0772. The maximum atomic E-state index is 13.0. The average molecular weight is 283 g/mol. The highest BCUT2D eigenvalue weighted by Crippen LogP contribution is 2.31. The van der Waals surface area contributed by atoms with Gasteiger partial charge in [0.2, 0.25) is 5.78 Å². The second-order valence-corrected chi connectivity index (χ2v) is 4.91. The van der Waals surface area contributed by atoms with Gasteiger partial charge in [0.05, 0.1) is 0 Å². The van der Waals surface area contributed by atoms with Gasteiger partial charge < -0.3 is 4.74 Å². The lowest BCUT2D eigenvalue weighted by atomic mass is 9.96. The van der Waals surface area contributed by atoms with E-state index in [1.165, 1.54) is 12.1 Å². The van der Waals surface area contributed by atoms with Gasteiger partial charge in [-0.15, -0.1) is 0 Å². The summed E-state index contributed by atoms with van der Waals surface area (Å²) in [6.07, 6.45) is -0.696. The van der Waals surface area contributed by atoms with Crippen molar-refractivity contribution in [2.45, 2.75) is 19.1 Å². The number of aliphatic imine (C=N–C) groups is 1. The van der Waals surface area contributed by atoms with Crippen LogP contribution in [0.1, 0.15) is 28.9 Å². The molecule has 0 aliphatic carbocycles. The van der Waals surface area contributed by atoms with E-state index in [2.05, 4.69) is 4.99 Å². The van der Waals surface area contributed by atoms with Crippen LogP contribution in [0.3, 0.4) is 0 Å². The monoisotopic (exact) mass is 283 g/mol. The fourth-order valence-corrected chi connectivity index (χ4v) is 2.42. The number of carbonyl (C=O) groups is 1. The number of ketones is 1. The third-order valence-corrected chi connectivity index (χ3v) is 3.43. The molecular formula is C17H14FNO2. The summed E-state index contributed by atoms with van der Waals surface area (Å²) in [6.45, 7) is 1.72. The molecule has 2 atom stereocenters. The van der Waals surface area contributed by atoms with Crippen molar-refractivity contribution < 1.29 is 13.9 Å². The topological polar surface area (TPSA) is 38.7 Å². The van der Waals surface area contributed by atoms with E-state index in [9.17, 15) is 9.18 Å². The van der Waals surface area contributed by atoms with Gasteiger partial charge in [-0.1, -0.05) is 42.5 Å². The van der Waals surface area contributed by atoms with Crippen molar-refractivity contribution in [2.24, 2.45) is 4.99 Å². The van der Waals surface area contributed by atoms with Crippen LogP contribution in [-0.2, 0) is 4.74 Å². The molecule has 0 radical (unpaired) electrons. The lowest BCUT2D eigenvalue weighted by Crippen LogP contribution is -2.27. The summed E-state index contributed by atoms with van der Waals surface area (Å²) in [5, 5.41) is 0. The largest absolute Gasteiger partial charge is 0.467 e. The van der Waals surface area contributed by atoms with Crippen LogP contribution in [-0.4, -0.2) is 17.8 Å². The molecule has 1 aliphatic heterocycles. The molecular weight excluding hydrogens is 269 g/mol. The van der Waals surface area contributed by atoms with E-state index in [0.717, 1.165) is 5.56 Å².